The average molecular weight is 450 g/mol. The molecule has 0 saturated heterocycles. The molecule has 2 aromatic heterocycles. The van der Waals surface area contributed by atoms with Crippen LogP contribution in [0.25, 0.3) is 22.3 Å². The van der Waals surface area contributed by atoms with Gasteiger partial charge in [0.1, 0.15) is 0 Å². The summed E-state index contributed by atoms with van der Waals surface area (Å²) in [6.07, 6.45) is 1.13. The largest absolute Gasteiger partial charge is 0.324 e. The number of benzene rings is 2. The molecule has 31 heavy (non-hydrogen) atoms. The number of thioether (sulfide) groups is 2. The van der Waals surface area contributed by atoms with Crippen molar-refractivity contribution in [1.82, 2.24) is 19.9 Å². The second-order valence-electron chi connectivity index (χ2n) is 6.99. The summed E-state index contributed by atoms with van der Waals surface area (Å²) in [5.41, 5.74) is 4.49. The summed E-state index contributed by atoms with van der Waals surface area (Å²) in [5.74, 6) is 1.57. The van der Waals surface area contributed by atoms with E-state index in [-0.39, 0.29) is 11.7 Å². The zero-order valence-corrected chi connectivity index (χ0v) is 19.0. The molecular weight excluding hydrogens is 426 g/mol. The highest BCUT2D eigenvalue weighted by Gasteiger charge is 2.11. The first-order valence-electron chi connectivity index (χ1n) is 10.1. The summed E-state index contributed by atoms with van der Waals surface area (Å²) in [5, 5.41) is 3.42. The Morgan fingerprint density at radius 1 is 1.03 bits per heavy atom. The molecule has 4 aromatic rings. The molecule has 8 heteroatoms. The third-order valence-corrected chi connectivity index (χ3v) is 6.47. The van der Waals surface area contributed by atoms with E-state index in [0.29, 0.717) is 11.1 Å². The number of hydrogen-bond acceptors (Lipinski definition) is 6. The van der Waals surface area contributed by atoms with Gasteiger partial charge in [-0.2, -0.15) is 0 Å². The third kappa shape index (κ3) is 5.65. The molecule has 0 spiro atoms. The fraction of sp³-hybridized carbons (Fsp3) is 0.217. The molecule has 158 valence electrons. The minimum atomic E-state index is -0.156. The molecule has 0 fully saturated rings. The van der Waals surface area contributed by atoms with E-state index < -0.39 is 0 Å². The van der Waals surface area contributed by atoms with Crippen LogP contribution in [-0.4, -0.2) is 37.3 Å². The monoisotopic (exact) mass is 449 g/mol. The normalized spacial score (nSPS) is 11.0. The summed E-state index contributed by atoms with van der Waals surface area (Å²) in [7, 11) is 0. The number of anilines is 1. The number of imidazole rings is 1. The lowest BCUT2D eigenvalue weighted by Crippen LogP contribution is -2.15. The standard InChI is InChI=1S/C23H23N5OS2/c1-3-11-30-17-9-10-18-20(13-17)26-22(25-18)28-21(29)14-31-23-24-15(2)12-19(27-23)16-7-5-4-6-8-16/h4-10,12-13H,3,11,14H2,1-2H3,(H2,25,26,28,29). The molecule has 0 aliphatic carbocycles. The number of aromatic amines is 1. The summed E-state index contributed by atoms with van der Waals surface area (Å²) in [6.45, 7) is 4.09. The van der Waals surface area contributed by atoms with Crippen molar-refractivity contribution in [2.45, 2.75) is 30.3 Å². The van der Waals surface area contributed by atoms with Gasteiger partial charge in [-0.3, -0.25) is 10.1 Å². The second-order valence-corrected chi connectivity index (χ2v) is 9.10. The smallest absolute Gasteiger partial charge is 0.237 e. The van der Waals surface area contributed by atoms with Gasteiger partial charge in [0.25, 0.3) is 0 Å². The van der Waals surface area contributed by atoms with Crippen molar-refractivity contribution >= 4 is 46.4 Å². The topological polar surface area (TPSA) is 83.6 Å². The van der Waals surface area contributed by atoms with Gasteiger partial charge in [-0.15, -0.1) is 11.8 Å². The van der Waals surface area contributed by atoms with Crippen molar-refractivity contribution in [1.29, 1.82) is 0 Å². The Morgan fingerprint density at radius 3 is 2.68 bits per heavy atom. The van der Waals surface area contributed by atoms with Crippen LogP contribution in [0.5, 0.6) is 0 Å². The van der Waals surface area contributed by atoms with E-state index in [2.05, 4.69) is 44.3 Å². The molecule has 4 rings (SSSR count). The first-order valence-corrected chi connectivity index (χ1v) is 12.0. The predicted octanol–water partition coefficient (Wildman–Crippen LogP) is 5.56. The van der Waals surface area contributed by atoms with E-state index in [1.165, 1.54) is 16.7 Å². The van der Waals surface area contributed by atoms with Gasteiger partial charge in [-0.05, 0) is 43.4 Å². The molecule has 0 saturated carbocycles. The zero-order valence-electron chi connectivity index (χ0n) is 17.4. The minimum absolute atomic E-state index is 0.156. The molecule has 0 radical (unpaired) electrons. The predicted molar refractivity (Wildman–Crippen MR) is 129 cm³/mol. The summed E-state index contributed by atoms with van der Waals surface area (Å²) < 4.78 is 0. The number of carbonyl (C=O) groups is 1. The Kier molecular flexibility index (Phi) is 6.89. The molecule has 0 aliphatic rings. The Balaban J connectivity index is 1.40. The summed E-state index contributed by atoms with van der Waals surface area (Å²) in [6, 6.07) is 18.0. The number of fused-ring (bicyclic) bond motifs is 1. The lowest BCUT2D eigenvalue weighted by molar-refractivity contribution is -0.113. The van der Waals surface area contributed by atoms with Crippen LogP contribution in [0.1, 0.15) is 19.0 Å². The maximum atomic E-state index is 12.5. The van der Waals surface area contributed by atoms with Crippen molar-refractivity contribution in [3.63, 3.8) is 0 Å². The van der Waals surface area contributed by atoms with E-state index >= 15 is 0 Å². The Morgan fingerprint density at radius 2 is 1.87 bits per heavy atom. The van der Waals surface area contributed by atoms with Crippen LogP contribution in [-0.2, 0) is 4.79 Å². The molecule has 0 bridgehead atoms. The number of aryl methyl sites for hydroxylation is 1. The number of nitrogens with one attached hydrogen (secondary N) is 2. The zero-order chi connectivity index (χ0) is 21.6. The second kappa shape index (κ2) is 9.98. The molecule has 2 heterocycles. The molecule has 0 unspecified atom stereocenters. The quantitative estimate of drug-likeness (QED) is 0.271. The molecule has 0 aliphatic heterocycles. The lowest BCUT2D eigenvalue weighted by Gasteiger charge is -2.06. The van der Waals surface area contributed by atoms with Gasteiger partial charge in [0.05, 0.1) is 22.5 Å². The van der Waals surface area contributed by atoms with Crippen molar-refractivity contribution in [2.24, 2.45) is 0 Å². The van der Waals surface area contributed by atoms with Crippen LogP contribution in [0.3, 0.4) is 0 Å². The van der Waals surface area contributed by atoms with Gasteiger partial charge >= 0.3 is 0 Å². The maximum Gasteiger partial charge on any atom is 0.237 e. The Bertz CT molecular complexity index is 1190. The number of aromatic nitrogens is 4. The van der Waals surface area contributed by atoms with Gasteiger partial charge in [-0.25, -0.2) is 15.0 Å². The average Bonchev–Trinajstić information content (AvgIpc) is 3.18. The van der Waals surface area contributed by atoms with Crippen LogP contribution >= 0.6 is 23.5 Å². The van der Waals surface area contributed by atoms with Gasteiger partial charge in [0.15, 0.2) is 5.16 Å². The van der Waals surface area contributed by atoms with Crippen molar-refractivity contribution in [3.8, 4) is 11.3 Å². The highest BCUT2D eigenvalue weighted by Crippen LogP contribution is 2.25. The summed E-state index contributed by atoms with van der Waals surface area (Å²) >= 11 is 3.12. The van der Waals surface area contributed by atoms with Crippen LogP contribution in [0, 0.1) is 6.92 Å². The molecular formula is C23H23N5OS2. The Hall–Kier alpha value is -2.84. The molecule has 0 atom stereocenters. The van der Waals surface area contributed by atoms with E-state index in [9.17, 15) is 4.79 Å². The number of carbonyl (C=O) groups excluding carboxylic acids is 1. The maximum absolute atomic E-state index is 12.5. The Labute approximate surface area is 189 Å². The third-order valence-electron chi connectivity index (χ3n) is 4.42. The first kappa shape index (κ1) is 21.4. The number of rotatable bonds is 8. The molecule has 2 N–H and O–H groups in total. The van der Waals surface area contributed by atoms with Gasteiger partial charge in [0.2, 0.25) is 11.9 Å². The SMILES string of the molecule is CCCSc1ccc2nc(NC(=O)CSc3nc(C)cc(-c4ccccc4)n3)[nH]c2c1. The number of H-pyrrole nitrogens is 1. The van der Waals surface area contributed by atoms with E-state index in [1.54, 1.807) is 0 Å². The van der Waals surface area contributed by atoms with Crippen LogP contribution < -0.4 is 5.32 Å². The molecule has 1 amide bonds. The van der Waals surface area contributed by atoms with E-state index in [0.717, 1.165) is 40.2 Å². The highest BCUT2D eigenvalue weighted by molar-refractivity contribution is 7.99. The van der Waals surface area contributed by atoms with E-state index in [4.69, 9.17) is 0 Å². The number of nitrogens with zero attached hydrogens (tertiary/aromatic N) is 3. The van der Waals surface area contributed by atoms with Gasteiger partial charge in [0, 0.05) is 16.2 Å². The molecule has 2 aromatic carbocycles. The molecule has 6 nitrogen and oxygen atoms in total. The fourth-order valence-corrected chi connectivity index (χ4v) is 4.53. The van der Waals surface area contributed by atoms with Gasteiger partial charge < -0.3 is 4.98 Å². The lowest BCUT2D eigenvalue weighted by atomic mass is 10.1. The van der Waals surface area contributed by atoms with Gasteiger partial charge in [-0.1, -0.05) is 49.0 Å². The number of amides is 1. The number of hydrogen-bond donors (Lipinski definition) is 2. The van der Waals surface area contributed by atoms with Crippen molar-refractivity contribution < 1.29 is 4.79 Å². The van der Waals surface area contributed by atoms with Crippen molar-refractivity contribution in [2.75, 3.05) is 16.8 Å². The summed E-state index contributed by atoms with van der Waals surface area (Å²) in [4.78, 5) is 30.3. The van der Waals surface area contributed by atoms with Crippen LogP contribution in [0.4, 0.5) is 5.95 Å². The van der Waals surface area contributed by atoms with Crippen LogP contribution in [0.2, 0.25) is 0 Å². The van der Waals surface area contributed by atoms with E-state index in [1.807, 2.05) is 61.2 Å². The first-order chi connectivity index (χ1) is 15.1. The highest BCUT2D eigenvalue weighted by atomic mass is 32.2. The minimum Gasteiger partial charge on any atom is -0.324 e. The van der Waals surface area contributed by atoms with Crippen molar-refractivity contribution in [3.05, 3.63) is 60.3 Å². The van der Waals surface area contributed by atoms with Crippen LogP contribution in [0.15, 0.2) is 64.6 Å². The fourth-order valence-electron chi connectivity index (χ4n) is 3.02.